The molecule has 0 bridgehead atoms. The number of hydrogen-bond acceptors (Lipinski definition) is 5. The van der Waals surface area contributed by atoms with E-state index in [2.05, 4.69) is 14.8 Å². The third-order valence-corrected chi connectivity index (χ3v) is 7.14. The van der Waals surface area contributed by atoms with Crippen LogP contribution in [0.15, 0.2) is 18.3 Å². The predicted molar refractivity (Wildman–Crippen MR) is 114 cm³/mol. The maximum absolute atomic E-state index is 13.4. The number of hydrogen-bond donors (Lipinski definition) is 2. The van der Waals surface area contributed by atoms with Crippen LogP contribution >= 0.6 is 0 Å². The summed E-state index contributed by atoms with van der Waals surface area (Å²) in [5.74, 6) is 1.07. The highest BCUT2D eigenvalue weighted by molar-refractivity contribution is 5.87. The van der Waals surface area contributed by atoms with Gasteiger partial charge in [-0.05, 0) is 64.0 Å². The average Bonchev–Trinajstić information content (AvgIpc) is 3.05. The van der Waals surface area contributed by atoms with Crippen LogP contribution in [0.4, 0.5) is 16.3 Å². The number of aromatic nitrogens is 1. The smallest absolute Gasteiger partial charge is 0.411 e. The molecule has 4 rings (SSSR count). The molecule has 1 aromatic rings. The minimum absolute atomic E-state index is 0.211. The van der Waals surface area contributed by atoms with Crippen molar-refractivity contribution >= 4 is 23.5 Å². The number of pyridine rings is 1. The second-order valence-electron chi connectivity index (χ2n) is 8.92. The van der Waals surface area contributed by atoms with Crippen molar-refractivity contribution in [2.75, 3.05) is 36.0 Å². The zero-order chi connectivity index (χ0) is 21.3. The molecule has 2 N–H and O–H groups in total. The molecule has 30 heavy (non-hydrogen) atoms. The third kappa shape index (κ3) is 3.85. The molecule has 1 spiro atoms. The van der Waals surface area contributed by atoms with Crippen LogP contribution in [0.1, 0.15) is 51.9 Å². The summed E-state index contributed by atoms with van der Waals surface area (Å²) in [4.78, 5) is 34.8. The largest absolute Gasteiger partial charge is 0.465 e. The minimum atomic E-state index is -0.990. The van der Waals surface area contributed by atoms with E-state index in [1.54, 1.807) is 19.2 Å². The lowest BCUT2D eigenvalue weighted by Gasteiger charge is -2.41. The molecule has 8 nitrogen and oxygen atoms in total. The molecular formula is C22H32N4O4. The van der Waals surface area contributed by atoms with E-state index in [0.29, 0.717) is 18.8 Å². The molecule has 1 saturated carbocycles. The molecule has 2 saturated heterocycles. The summed E-state index contributed by atoms with van der Waals surface area (Å²) in [5, 5.41) is 19.1. The van der Waals surface area contributed by atoms with E-state index in [-0.39, 0.29) is 23.5 Å². The number of aliphatic hydroxyl groups excluding tert-OH is 1. The van der Waals surface area contributed by atoms with Gasteiger partial charge in [-0.2, -0.15) is 0 Å². The van der Waals surface area contributed by atoms with Crippen LogP contribution in [0.3, 0.4) is 0 Å². The minimum Gasteiger partial charge on any atom is -0.465 e. The van der Waals surface area contributed by atoms with E-state index in [1.807, 2.05) is 6.07 Å². The van der Waals surface area contributed by atoms with Crippen LogP contribution in [-0.2, 0) is 4.79 Å². The van der Waals surface area contributed by atoms with Crippen molar-refractivity contribution in [3.05, 3.63) is 18.3 Å². The highest BCUT2D eigenvalue weighted by atomic mass is 16.4. The Kier molecular flexibility index (Phi) is 5.86. The second kappa shape index (κ2) is 8.41. The van der Waals surface area contributed by atoms with Crippen LogP contribution in [0.25, 0.3) is 0 Å². The molecule has 3 fully saturated rings. The van der Waals surface area contributed by atoms with Crippen molar-refractivity contribution in [2.45, 2.75) is 64.0 Å². The molecule has 1 aromatic heterocycles. The van der Waals surface area contributed by atoms with Gasteiger partial charge in [0.2, 0.25) is 5.91 Å². The van der Waals surface area contributed by atoms with Crippen LogP contribution in [0.5, 0.6) is 0 Å². The van der Waals surface area contributed by atoms with E-state index < -0.39 is 6.09 Å². The van der Waals surface area contributed by atoms with Crippen molar-refractivity contribution in [3.63, 3.8) is 0 Å². The van der Waals surface area contributed by atoms with Crippen molar-refractivity contribution in [3.8, 4) is 0 Å². The van der Waals surface area contributed by atoms with E-state index in [4.69, 9.17) is 0 Å². The number of piperidine rings is 1. The lowest BCUT2D eigenvalue weighted by molar-refractivity contribution is -0.139. The van der Waals surface area contributed by atoms with Crippen molar-refractivity contribution in [1.29, 1.82) is 0 Å². The van der Waals surface area contributed by atoms with Gasteiger partial charge in [0.15, 0.2) is 0 Å². The summed E-state index contributed by atoms with van der Waals surface area (Å²) in [6.45, 7) is 4.49. The van der Waals surface area contributed by atoms with Crippen LogP contribution in [0.2, 0.25) is 0 Å². The van der Waals surface area contributed by atoms with Gasteiger partial charge in [0.05, 0.1) is 23.4 Å². The molecule has 0 unspecified atom stereocenters. The van der Waals surface area contributed by atoms with Crippen LogP contribution in [-0.4, -0.2) is 70.4 Å². The molecule has 3 heterocycles. The number of aliphatic hydroxyl groups is 1. The van der Waals surface area contributed by atoms with Crippen molar-refractivity contribution in [2.24, 2.45) is 5.41 Å². The highest BCUT2D eigenvalue weighted by Gasteiger charge is 2.50. The van der Waals surface area contributed by atoms with Gasteiger partial charge in [-0.15, -0.1) is 0 Å². The quantitative estimate of drug-likeness (QED) is 0.783. The number of anilines is 2. The number of rotatable bonds is 4. The Hall–Kier alpha value is -2.35. The number of amides is 2. The molecule has 2 aliphatic heterocycles. The Morgan fingerprint density at radius 3 is 2.63 bits per heavy atom. The van der Waals surface area contributed by atoms with Crippen molar-refractivity contribution in [1.82, 2.24) is 9.88 Å². The summed E-state index contributed by atoms with van der Waals surface area (Å²) in [6, 6.07) is 3.92. The monoisotopic (exact) mass is 416 g/mol. The van der Waals surface area contributed by atoms with E-state index in [0.717, 1.165) is 63.9 Å². The first-order chi connectivity index (χ1) is 14.4. The Bertz CT molecular complexity index is 778. The zero-order valence-electron chi connectivity index (χ0n) is 17.7. The molecule has 1 atom stereocenters. The molecule has 0 aromatic carbocycles. The number of nitrogens with zero attached hydrogens (tertiary/aromatic N) is 4. The lowest BCUT2D eigenvalue weighted by Crippen LogP contribution is -2.50. The number of carboxylic acid groups (broad SMARTS) is 1. The first-order valence-electron chi connectivity index (χ1n) is 11.1. The molecular weight excluding hydrogens is 384 g/mol. The van der Waals surface area contributed by atoms with Gasteiger partial charge in [-0.25, -0.2) is 9.78 Å². The lowest BCUT2D eigenvalue weighted by atomic mass is 9.78. The van der Waals surface area contributed by atoms with Gasteiger partial charge in [0.1, 0.15) is 5.82 Å². The standard InChI is InChI=1S/C22H32N4O4/c1-2-25(21(29)30)17-6-9-19(23-14-17)24-12-3-10-22(15-24)11-13-26(20(22)28)16-4-7-18(27)8-5-16/h6,9,14,16,18,27H,2-5,7-8,10-13,15H2,1H3,(H,29,30)/t16?,18?,22-/m0/s1. The zero-order valence-corrected chi connectivity index (χ0v) is 17.7. The fourth-order valence-corrected chi connectivity index (χ4v) is 5.43. The topological polar surface area (TPSA) is 97.2 Å². The van der Waals surface area contributed by atoms with Crippen LogP contribution in [0, 0.1) is 5.41 Å². The Morgan fingerprint density at radius 1 is 1.23 bits per heavy atom. The second-order valence-corrected chi connectivity index (χ2v) is 8.92. The van der Waals surface area contributed by atoms with E-state index in [9.17, 15) is 19.8 Å². The van der Waals surface area contributed by atoms with Gasteiger partial charge in [0.25, 0.3) is 0 Å². The molecule has 2 amide bonds. The van der Waals surface area contributed by atoms with Gasteiger partial charge in [0, 0.05) is 32.2 Å². The molecule has 0 radical (unpaired) electrons. The normalized spacial score (nSPS) is 29.5. The van der Waals surface area contributed by atoms with Gasteiger partial charge in [-0.3, -0.25) is 9.69 Å². The third-order valence-electron chi connectivity index (χ3n) is 7.14. The maximum Gasteiger partial charge on any atom is 0.411 e. The fraction of sp³-hybridized carbons (Fsp3) is 0.682. The summed E-state index contributed by atoms with van der Waals surface area (Å²) < 4.78 is 0. The van der Waals surface area contributed by atoms with Gasteiger partial charge in [-0.1, -0.05) is 0 Å². The number of carbonyl (C=O) groups excluding carboxylic acids is 1. The fourth-order valence-electron chi connectivity index (χ4n) is 5.43. The highest BCUT2D eigenvalue weighted by Crippen LogP contribution is 2.43. The molecule has 8 heteroatoms. The number of carbonyl (C=O) groups is 2. The van der Waals surface area contributed by atoms with E-state index in [1.165, 1.54) is 4.90 Å². The summed E-state index contributed by atoms with van der Waals surface area (Å²) >= 11 is 0. The molecule has 1 aliphatic carbocycles. The average molecular weight is 417 g/mol. The molecule has 3 aliphatic rings. The molecule has 164 valence electrons. The van der Waals surface area contributed by atoms with E-state index >= 15 is 0 Å². The first kappa shape index (κ1) is 20.9. The SMILES string of the molecule is CCN(C(=O)O)c1ccc(N2CCC[C@]3(CCN(C4CCC(O)CC4)C3=O)C2)nc1. The van der Waals surface area contributed by atoms with Gasteiger partial charge >= 0.3 is 6.09 Å². The Labute approximate surface area is 177 Å². The number of likely N-dealkylation sites (tertiary alicyclic amines) is 1. The Morgan fingerprint density at radius 2 is 2.00 bits per heavy atom. The summed E-state index contributed by atoms with van der Waals surface area (Å²) in [7, 11) is 0. The summed E-state index contributed by atoms with van der Waals surface area (Å²) in [6.07, 6.45) is 6.50. The van der Waals surface area contributed by atoms with Crippen LogP contribution < -0.4 is 9.80 Å². The van der Waals surface area contributed by atoms with Gasteiger partial charge < -0.3 is 20.0 Å². The Balaban J connectivity index is 1.45. The maximum atomic E-state index is 13.4. The summed E-state index contributed by atoms with van der Waals surface area (Å²) in [5.41, 5.74) is 0.216. The predicted octanol–water partition coefficient (Wildman–Crippen LogP) is 2.71. The van der Waals surface area contributed by atoms with Crippen molar-refractivity contribution < 1.29 is 19.8 Å². The first-order valence-corrected chi connectivity index (χ1v) is 11.1.